The minimum absolute atomic E-state index is 0.664. The number of rotatable bonds is 3. The standard InChI is InChI=1S/C52H29N3S/c53-30-31-13-15-33(16-14-31)40-22-23-41(44-12-6-5-11-43(40)44)34-17-19-35(20-18-34)47-29-45-50-42-10-4-3-7-32(42)21-24-49(50)56-51(45)52-54-46-27-38-25-36-8-1-2-9-37(36)26-39(38)28-48(46)55(47)52/h1-29H. The molecule has 0 N–H and O–H groups in total. The Kier molecular flexibility index (Phi) is 6.57. The highest BCUT2D eigenvalue weighted by molar-refractivity contribution is 7.26. The summed E-state index contributed by atoms with van der Waals surface area (Å²) in [7, 11) is 0. The molecule has 0 aliphatic carbocycles. The van der Waals surface area contributed by atoms with Gasteiger partial charge in [0.15, 0.2) is 5.65 Å². The summed E-state index contributed by atoms with van der Waals surface area (Å²) < 4.78 is 4.87. The highest BCUT2D eigenvalue weighted by atomic mass is 32.1. The predicted molar refractivity (Wildman–Crippen MR) is 237 cm³/mol. The van der Waals surface area contributed by atoms with E-state index in [0.717, 1.165) is 44.6 Å². The van der Waals surface area contributed by atoms with Gasteiger partial charge < -0.3 is 0 Å². The van der Waals surface area contributed by atoms with Crippen LogP contribution in [0, 0.1) is 11.3 Å². The first-order chi connectivity index (χ1) is 27.7. The zero-order valence-corrected chi connectivity index (χ0v) is 30.8. The van der Waals surface area contributed by atoms with Crippen LogP contribution < -0.4 is 0 Å². The SMILES string of the molecule is N#Cc1ccc(-c2ccc(-c3ccc(-c4cc5c(sc6ccc7ccccc7c65)c5nc6cc7cc8ccccc8cc7cc6n45)cc3)c3ccccc23)cc1. The van der Waals surface area contributed by atoms with Crippen molar-refractivity contribution in [2.75, 3.05) is 0 Å². The second kappa shape index (κ2) is 11.8. The van der Waals surface area contributed by atoms with E-state index in [4.69, 9.17) is 4.98 Å². The first-order valence-electron chi connectivity index (χ1n) is 18.8. The van der Waals surface area contributed by atoms with E-state index in [1.54, 1.807) is 0 Å². The van der Waals surface area contributed by atoms with E-state index in [1.165, 1.54) is 68.8 Å². The Balaban J connectivity index is 1.09. The topological polar surface area (TPSA) is 41.1 Å². The third-order valence-electron chi connectivity index (χ3n) is 11.6. The number of benzene rings is 9. The van der Waals surface area contributed by atoms with Crippen LogP contribution in [0.5, 0.6) is 0 Å². The number of fused-ring (bicyclic) bond motifs is 12. The van der Waals surface area contributed by atoms with Crippen LogP contribution in [0.3, 0.4) is 0 Å². The van der Waals surface area contributed by atoms with Crippen molar-refractivity contribution in [3.8, 4) is 39.6 Å². The second-order valence-electron chi connectivity index (χ2n) is 14.7. The summed E-state index contributed by atoms with van der Waals surface area (Å²) in [5.74, 6) is 0. The van der Waals surface area contributed by atoms with Crippen molar-refractivity contribution in [1.29, 1.82) is 5.26 Å². The molecule has 0 atom stereocenters. The lowest BCUT2D eigenvalue weighted by Gasteiger charge is -2.14. The molecular weight excluding hydrogens is 699 g/mol. The van der Waals surface area contributed by atoms with Crippen LogP contribution >= 0.6 is 11.3 Å². The van der Waals surface area contributed by atoms with Crippen LogP contribution in [-0.4, -0.2) is 9.38 Å². The summed E-state index contributed by atoms with van der Waals surface area (Å²) in [4.78, 5) is 5.43. The van der Waals surface area contributed by atoms with Gasteiger partial charge in [0.05, 0.1) is 33.1 Å². The molecule has 0 aliphatic heterocycles. The summed E-state index contributed by atoms with van der Waals surface area (Å²) in [6.45, 7) is 0. The van der Waals surface area contributed by atoms with Gasteiger partial charge in [0.2, 0.25) is 0 Å². The molecular formula is C52H29N3S. The van der Waals surface area contributed by atoms with Crippen molar-refractivity contribution in [2.45, 2.75) is 0 Å². The maximum atomic E-state index is 9.35. The number of imidazole rings is 1. The molecule has 0 spiro atoms. The predicted octanol–water partition coefficient (Wildman–Crippen LogP) is 14.3. The van der Waals surface area contributed by atoms with Gasteiger partial charge in [-0.25, -0.2) is 4.98 Å². The Hall–Kier alpha value is -7.32. The first-order valence-corrected chi connectivity index (χ1v) is 19.6. The zero-order chi connectivity index (χ0) is 36.9. The molecule has 0 saturated carbocycles. The lowest BCUT2D eigenvalue weighted by molar-refractivity contribution is 1.25. The molecule has 12 rings (SSSR count). The highest BCUT2D eigenvalue weighted by Crippen LogP contribution is 2.44. The van der Waals surface area contributed by atoms with Gasteiger partial charge in [-0.3, -0.25) is 4.40 Å². The van der Waals surface area contributed by atoms with Gasteiger partial charge in [0.25, 0.3) is 0 Å². The molecule has 3 heterocycles. The van der Waals surface area contributed by atoms with Crippen LogP contribution in [0.2, 0.25) is 0 Å². The summed E-state index contributed by atoms with van der Waals surface area (Å²) in [6.07, 6.45) is 0. The van der Waals surface area contributed by atoms with E-state index in [2.05, 4.69) is 162 Å². The molecule has 9 aromatic carbocycles. The van der Waals surface area contributed by atoms with Crippen molar-refractivity contribution in [2.24, 2.45) is 0 Å². The Morgan fingerprint density at radius 3 is 1.75 bits per heavy atom. The van der Waals surface area contributed by atoms with Gasteiger partial charge in [0.1, 0.15) is 0 Å². The summed E-state index contributed by atoms with van der Waals surface area (Å²) in [6, 6.07) is 65.6. The molecule has 0 bridgehead atoms. The van der Waals surface area contributed by atoms with Gasteiger partial charge in [-0.05, 0) is 119 Å². The van der Waals surface area contributed by atoms with Crippen LogP contribution in [0.25, 0.3) is 113 Å². The minimum atomic E-state index is 0.664. The van der Waals surface area contributed by atoms with Crippen molar-refractivity contribution < 1.29 is 0 Å². The van der Waals surface area contributed by atoms with E-state index in [9.17, 15) is 5.26 Å². The number of nitriles is 1. The van der Waals surface area contributed by atoms with Gasteiger partial charge >= 0.3 is 0 Å². The third-order valence-corrected chi connectivity index (χ3v) is 12.7. The maximum Gasteiger partial charge on any atom is 0.156 e. The van der Waals surface area contributed by atoms with E-state index >= 15 is 0 Å². The average Bonchev–Trinajstić information content (AvgIpc) is 3.83. The number of hydrogen-bond donors (Lipinski definition) is 0. The third kappa shape index (κ3) is 4.59. The largest absolute Gasteiger partial charge is 0.291 e. The van der Waals surface area contributed by atoms with E-state index in [1.807, 2.05) is 35.6 Å². The highest BCUT2D eigenvalue weighted by Gasteiger charge is 2.20. The molecule has 12 aromatic rings. The van der Waals surface area contributed by atoms with E-state index in [0.29, 0.717) is 5.56 Å². The van der Waals surface area contributed by atoms with Gasteiger partial charge in [-0.15, -0.1) is 11.3 Å². The monoisotopic (exact) mass is 727 g/mol. The molecule has 0 saturated heterocycles. The van der Waals surface area contributed by atoms with Crippen molar-refractivity contribution in [3.05, 3.63) is 181 Å². The number of thiophene rings is 1. The fourth-order valence-electron chi connectivity index (χ4n) is 8.87. The fraction of sp³-hybridized carbons (Fsp3) is 0. The van der Waals surface area contributed by atoms with Crippen LogP contribution in [0.1, 0.15) is 5.56 Å². The second-order valence-corrected chi connectivity index (χ2v) is 15.7. The molecule has 3 aromatic heterocycles. The molecule has 0 amide bonds. The van der Waals surface area contributed by atoms with Crippen LogP contribution in [0.4, 0.5) is 0 Å². The average molecular weight is 728 g/mol. The quantitative estimate of drug-likeness (QED) is 0.170. The zero-order valence-electron chi connectivity index (χ0n) is 30.0. The van der Waals surface area contributed by atoms with Crippen LogP contribution in [0.15, 0.2) is 176 Å². The van der Waals surface area contributed by atoms with Crippen molar-refractivity contribution in [3.63, 3.8) is 0 Å². The molecule has 3 nitrogen and oxygen atoms in total. The Morgan fingerprint density at radius 1 is 0.482 bits per heavy atom. The van der Waals surface area contributed by atoms with Gasteiger partial charge in [-0.2, -0.15) is 5.26 Å². The van der Waals surface area contributed by atoms with E-state index < -0.39 is 0 Å². The molecule has 0 aliphatic rings. The number of hydrogen-bond acceptors (Lipinski definition) is 3. The van der Waals surface area contributed by atoms with Gasteiger partial charge in [-0.1, -0.05) is 127 Å². The smallest absolute Gasteiger partial charge is 0.156 e. The molecule has 0 unspecified atom stereocenters. The molecule has 4 heteroatoms. The fourth-order valence-corrected chi connectivity index (χ4v) is 10.0. The number of nitrogens with zero attached hydrogens (tertiary/aromatic N) is 3. The Bertz CT molecular complexity index is 3640. The van der Waals surface area contributed by atoms with E-state index in [-0.39, 0.29) is 0 Å². The van der Waals surface area contributed by atoms with Crippen LogP contribution in [-0.2, 0) is 0 Å². The summed E-state index contributed by atoms with van der Waals surface area (Å²) >= 11 is 1.84. The van der Waals surface area contributed by atoms with Crippen molar-refractivity contribution in [1.82, 2.24) is 9.38 Å². The first kappa shape index (κ1) is 31.1. The van der Waals surface area contributed by atoms with Gasteiger partial charge in [0, 0.05) is 15.5 Å². The van der Waals surface area contributed by atoms with Crippen molar-refractivity contribution >= 4 is 91.3 Å². The minimum Gasteiger partial charge on any atom is -0.291 e. The molecule has 0 radical (unpaired) electrons. The maximum absolute atomic E-state index is 9.35. The number of aromatic nitrogens is 2. The molecule has 0 fully saturated rings. The molecule has 258 valence electrons. The number of pyridine rings is 1. The summed E-state index contributed by atoms with van der Waals surface area (Å²) in [5, 5.41) is 21.7. The lowest BCUT2D eigenvalue weighted by atomic mass is 9.91. The Labute approximate surface area is 325 Å². The normalized spacial score (nSPS) is 11.9. The molecule has 56 heavy (non-hydrogen) atoms. The Morgan fingerprint density at radius 2 is 1.07 bits per heavy atom. The lowest BCUT2D eigenvalue weighted by Crippen LogP contribution is -1.93. The summed E-state index contributed by atoms with van der Waals surface area (Å²) in [5.41, 5.74) is 10.6.